The van der Waals surface area contributed by atoms with Crippen molar-refractivity contribution in [1.82, 2.24) is 10.2 Å². The van der Waals surface area contributed by atoms with Gasteiger partial charge in [-0.3, -0.25) is 4.90 Å². The average molecular weight is 210 g/mol. The normalized spacial score (nSPS) is 24.1. The summed E-state index contributed by atoms with van der Waals surface area (Å²) in [5.74, 6) is 0.840. The van der Waals surface area contributed by atoms with Crippen LogP contribution in [0.2, 0.25) is 0 Å². The second-order valence-corrected chi connectivity index (χ2v) is 4.68. The van der Waals surface area contributed by atoms with Crippen molar-refractivity contribution in [1.29, 1.82) is 0 Å². The van der Waals surface area contributed by atoms with E-state index in [0.717, 1.165) is 5.92 Å². The molecule has 2 heteroatoms. The zero-order valence-electron chi connectivity index (χ0n) is 10.3. The Kier molecular flexibility index (Phi) is 5.96. The van der Waals surface area contributed by atoms with Crippen LogP contribution in [0.5, 0.6) is 0 Å². The third-order valence-corrected chi connectivity index (χ3v) is 3.32. The van der Waals surface area contributed by atoms with Gasteiger partial charge in [0.05, 0.1) is 0 Å². The first-order valence-electron chi connectivity index (χ1n) is 6.35. The van der Waals surface area contributed by atoms with Gasteiger partial charge in [0.2, 0.25) is 0 Å². The molecule has 1 fully saturated rings. The molecule has 1 heterocycles. The third-order valence-electron chi connectivity index (χ3n) is 3.32. The highest BCUT2D eigenvalue weighted by atomic mass is 15.1. The SMILES string of the molecule is C=CC(C)N(CCC)CC1CCCNC1. The van der Waals surface area contributed by atoms with Gasteiger partial charge < -0.3 is 5.32 Å². The van der Waals surface area contributed by atoms with Crippen molar-refractivity contribution < 1.29 is 0 Å². The van der Waals surface area contributed by atoms with Crippen LogP contribution in [-0.2, 0) is 0 Å². The summed E-state index contributed by atoms with van der Waals surface area (Å²) in [4.78, 5) is 2.56. The molecule has 1 N–H and O–H groups in total. The van der Waals surface area contributed by atoms with Crippen LogP contribution in [0.3, 0.4) is 0 Å². The molecule has 88 valence electrons. The van der Waals surface area contributed by atoms with Crippen molar-refractivity contribution in [2.45, 2.75) is 39.2 Å². The maximum Gasteiger partial charge on any atom is 0.0247 e. The predicted molar refractivity (Wildman–Crippen MR) is 67.1 cm³/mol. The lowest BCUT2D eigenvalue weighted by Gasteiger charge is -2.32. The van der Waals surface area contributed by atoms with Crippen LogP contribution in [0, 0.1) is 5.92 Å². The molecule has 1 aliphatic heterocycles. The van der Waals surface area contributed by atoms with Crippen LogP contribution in [0.4, 0.5) is 0 Å². The van der Waals surface area contributed by atoms with Gasteiger partial charge >= 0.3 is 0 Å². The molecule has 2 nitrogen and oxygen atoms in total. The molecule has 0 aromatic heterocycles. The van der Waals surface area contributed by atoms with Crippen LogP contribution < -0.4 is 5.32 Å². The molecule has 15 heavy (non-hydrogen) atoms. The Morgan fingerprint density at radius 1 is 1.60 bits per heavy atom. The lowest BCUT2D eigenvalue weighted by molar-refractivity contribution is 0.185. The Morgan fingerprint density at radius 2 is 2.40 bits per heavy atom. The molecule has 0 aromatic carbocycles. The van der Waals surface area contributed by atoms with Gasteiger partial charge in [0, 0.05) is 12.6 Å². The van der Waals surface area contributed by atoms with Crippen LogP contribution in [0.25, 0.3) is 0 Å². The number of rotatable bonds is 6. The molecule has 0 amide bonds. The van der Waals surface area contributed by atoms with E-state index in [4.69, 9.17) is 0 Å². The summed E-state index contributed by atoms with van der Waals surface area (Å²) in [6, 6.07) is 0.520. The van der Waals surface area contributed by atoms with Gasteiger partial charge in [-0.2, -0.15) is 0 Å². The highest BCUT2D eigenvalue weighted by Gasteiger charge is 2.18. The van der Waals surface area contributed by atoms with Crippen molar-refractivity contribution in [3.63, 3.8) is 0 Å². The molecule has 2 unspecified atom stereocenters. The maximum atomic E-state index is 3.90. The lowest BCUT2D eigenvalue weighted by Crippen LogP contribution is -2.41. The Labute approximate surface area is 94.7 Å². The summed E-state index contributed by atoms with van der Waals surface area (Å²) in [5, 5.41) is 3.49. The highest BCUT2D eigenvalue weighted by molar-refractivity contribution is 4.85. The van der Waals surface area contributed by atoms with E-state index in [9.17, 15) is 0 Å². The monoisotopic (exact) mass is 210 g/mol. The summed E-state index contributed by atoms with van der Waals surface area (Å²) >= 11 is 0. The van der Waals surface area contributed by atoms with Gasteiger partial charge in [0.15, 0.2) is 0 Å². The topological polar surface area (TPSA) is 15.3 Å². The predicted octanol–water partition coefficient (Wildman–Crippen LogP) is 2.27. The first-order valence-corrected chi connectivity index (χ1v) is 6.35. The molecule has 1 aliphatic rings. The quantitative estimate of drug-likeness (QED) is 0.677. The van der Waals surface area contributed by atoms with Crippen molar-refractivity contribution in [3.05, 3.63) is 12.7 Å². The molecule has 1 saturated heterocycles. The van der Waals surface area contributed by atoms with Gasteiger partial charge in [0.25, 0.3) is 0 Å². The van der Waals surface area contributed by atoms with E-state index in [1.165, 1.54) is 45.4 Å². The van der Waals surface area contributed by atoms with Crippen molar-refractivity contribution in [2.75, 3.05) is 26.2 Å². The summed E-state index contributed by atoms with van der Waals surface area (Å²) < 4.78 is 0. The smallest absolute Gasteiger partial charge is 0.0247 e. The number of piperidine rings is 1. The second-order valence-electron chi connectivity index (χ2n) is 4.68. The fraction of sp³-hybridized carbons (Fsp3) is 0.846. The Bertz CT molecular complexity index is 173. The Morgan fingerprint density at radius 3 is 2.93 bits per heavy atom. The molecular formula is C13H26N2. The fourth-order valence-corrected chi connectivity index (χ4v) is 2.31. The van der Waals surface area contributed by atoms with Gasteiger partial charge in [-0.25, -0.2) is 0 Å². The minimum atomic E-state index is 0.520. The molecule has 0 spiro atoms. The molecule has 0 bridgehead atoms. The van der Waals surface area contributed by atoms with E-state index >= 15 is 0 Å². The number of nitrogens with one attached hydrogen (secondary N) is 1. The second kappa shape index (κ2) is 7.02. The van der Waals surface area contributed by atoms with Gasteiger partial charge in [-0.1, -0.05) is 13.0 Å². The van der Waals surface area contributed by atoms with Crippen LogP contribution in [0.15, 0.2) is 12.7 Å². The van der Waals surface area contributed by atoms with Crippen molar-refractivity contribution in [3.8, 4) is 0 Å². The zero-order chi connectivity index (χ0) is 11.1. The van der Waals surface area contributed by atoms with E-state index < -0.39 is 0 Å². The first kappa shape index (κ1) is 12.7. The first-order chi connectivity index (χ1) is 7.27. The van der Waals surface area contributed by atoms with E-state index in [-0.39, 0.29) is 0 Å². The van der Waals surface area contributed by atoms with Gasteiger partial charge in [0.1, 0.15) is 0 Å². The minimum Gasteiger partial charge on any atom is -0.316 e. The Balaban J connectivity index is 2.37. The summed E-state index contributed by atoms with van der Waals surface area (Å²) in [6.07, 6.45) is 6.02. The molecule has 0 aliphatic carbocycles. The van der Waals surface area contributed by atoms with Gasteiger partial charge in [-0.15, -0.1) is 6.58 Å². The van der Waals surface area contributed by atoms with E-state index in [1.54, 1.807) is 0 Å². The lowest BCUT2D eigenvalue weighted by atomic mass is 9.98. The summed E-state index contributed by atoms with van der Waals surface area (Å²) in [6.45, 7) is 13.2. The molecule has 0 aromatic rings. The number of hydrogen-bond donors (Lipinski definition) is 1. The maximum absolute atomic E-state index is 3.90. The molecule has 0 radical (unpaired) electrons. The van der Waals surface area contributed by atoms with Crippen LogP contribution in [0.1, 0.15) is 33.1 Å². The highest BCUT2D eigenvalue weighted by Crippen LogP contribution is 2.14. The average Bonchev–Trinajstić information content (AvgIpc) is 2.29. The minimum absolute atomic E-state index is 0.520. The zero-order valence-corrected chi connectivity index (χ0v) is 10.3. The summed E-state index contributed by atoms with van der Waals surface area (Å²) in [7, 11) is 0. The standard InChI is InChI=1S/C13H26N2/c1-4-9-15(12(3)5-2)11-13-7-6-8-14-10-13/h5,12-14H,2,4,6-11H2,1,3H3. The third kappa shape index (κ3) is 4.35. The Hall–Kier alpha value is -0.340. The molecule has 0 saturated carbocycles. The van der Waals surface area contributed by atoms with Crippen molar-refractivity contribution >= 4 is 0 Å². The van der Waals surface area contributed by atoms with Gasteiger partial charge in [-0.05, 0) is 51.7 Å². The van der Waals surface area contributed by atoms with E-state index in [2.05, 4.69) is 36.7 Å². The van der Waals surface area contributed by atoms with E-state index in [0.29, 0.717) is 6.04 Å². The van der Waals surface area contributed by atoms with Crippen molar-refractivity contribution in [2.24, 2.45) is 5.92 Å². The fourth-order valence-electron chi connectivity index (χ4n) is 2.31. The van der Waals surface area contributed by atoms with E-state index in [1.807, 2.05) is 0 Å². The summed E-state index contributed by atoms with van der Waals surface area (Å²) in [5.41, 5.74) is 0. The number of nitrogens with zero attached hydrogens (tertiary/aromatic N) is 1. The largest absolute Gasteiger partial charge is 0.316 e. The number of hydrogen-bond acceptors (Lipinski definition) is 2. The molecule has 1 rings (SSSR count). The molecule has 2 atom stereocenters. The van der Waals surface area contributed by atoms with Crippen LogP contribution in [-0.4, -0.2) is 37.1 Å². The van der Waals surface area contributed by atoms with Crippen LogP contribution >= 0.6 is 0 Å². The molecular weight excluding hydrogens is 184 g/mol.